The Hall–Kier alpha value is -1.09. The number of nitrogens with zero attached hydrogens (tertiary/aromatic N) is 1. The van der Waals surface area contributed by atoms with Crippen LogP contribution in [0.3, 0.4) is 0 Å². The van der Waals surface area contributed by atoms with Crippen molar-refractivity contribution in [1.82, 2.24) is 10.3 Å². The van der Waals surface area contributed by atoms with Crippen molar-refractivity contribution in [3.8, 4) is 0 Å². The fraction of sp³-hybridized carbons (Fsp3) is 0.706. The first-order valence-electron chi connectivity index (χ1n) is 8.11. The standard InChI is InChI=1S/C17H29N3/c1-3-5-13-7-9-14(10-8-13)16(19-2)12-15-6-4-11-20-17(15)18/h4,6,11,13-14,16,19H,3,5,7-10,12H2,1-2H3,(H2,18,20). The molecule has 112 valence electrons. The van der Waals surface area contributed by atoms with Gasteiger partial charge in [-0.25, -0.2) is 4.98 Å². The third kappa shape index (κ3) is 3.95. The van der Waals surface area contributed by atoms with Crippen molar-refractivity contribution in [3.63, 3.8) is 0 Å². The Labute approximate surface area is 123 Å². The molecule has 1 unspecified atom stereocenters. The number of anilines is 1. The number of hydrogen-bond donors (Lipinski definition) is 2. The van der Waals surface area contributed by atoms with Crippen LogP contribution in [0.25, 0.3) is 0 Å². The van der Waals surface area contributed by atoms with E-state index in [0.29, 0.717) is 11.9 Å². The van der Waals surface area contributed by atoms with E-state index in [1.165, 1.54) is 44.1 Å². The molecule has 1 fully saturated rings. The molecule has 3 heteroatoms. The van der Waals surface area contributed by atoms with Crippen LogP contribution in [0.1, 0.15) is 51.0 Å². The van der Waals surface area contributed by atoms with Crippen molar-refractivity contribution >= 4 is 5.82 Å². The Morgan fingerprint density at radius 2 is 2.10 bits per heavy atom. The molecule has 0 saturated heterocycles. The molecule has 20 heavy (non-hydrogen) atoms. The molecule has 0 radical (unpaired) electrons. The smallest absolute Gasteiger partial charge is 0.126 e. The third-order valence-electron chi connectivity index (χ3n) is 4.89. The summed E-state index contributed by atoms with van der Waals surface area (Å²) in [6.45, 7) is 2.30. The van der Waals surface area contributed by atoms with Gasteiger partial charge < -0.3 is 11.1 Å². The maximum atomic E-state index is 5.98. The van der Waals surface area contributed by atoms with Gasteiger partial charge in [0, 0.05) is 12.2 Å². The quantitative estimate of drug-likeness (QED) is 0.836. The number of nitrogens with one attached hydrogen (secondary N) is 1. The molecule has 0 bridgehead atoms. The van der Waals surface area contributed by atoms with Crippen LogP contribution in [0.4, 0.5) is 5.82 Å². The number of aromatic nitrogens is 1. The highest BCUT2D eigenvalue weighted by atomic mass is 14.9. The molecule has 3 N–H and O–H groups in total. The minimum Gasteiger partial charge on any atom is -0.383 e. The average Bonchev–Trinajstić information content (AvgIpc) is 2.48. The summed E-state index contributed by atoms with van der Waals surface area (Å²) in [5, 5.41) is 3.51. The van der Waals surface area contributed by atoms with Crippen molar-refractivity contribution in [2.24, 2.45) is 11.8 Å². The van der Waals surface area contributed by atoms with Crippen LogP contribution in [-0.4, -0.2) is 18.1 Å². The van der Waals surface area contributed by atoms with Crippen LogP contribution in [0.2, 0.25) is 0 Å². The fourth-order valence-corrected chi connectivity index (χ4v) is 3.65. The molecular formula is C17H29N3. The van der Waals surface area contributed by atoms with Gasteiger partial charge in [-0.15, -0.1) is 0 Å². The Balaban J connectivity index is 1.91. The SMILES string of the molecule is CCCC1CCC(C(Cc2cccnc2N)NC)CC1. The summed E-state index contributed by atoms with van der Waals surface area (Å²) >= 11 is 0. The van der Waals surface area contributed by atoms with E-state index in [1.807, 2.05) is 6.07 Å². The zero-order chi connectivity index (χ0) is 14.4. The van der Waals surface area contributed by atoms with Gasteiger partial charge in [-0.3, -0.25) is 0 Å². The van der Waals surface area contributed by atoms with E-state index in [0.717, 1.165) is 18.3 Å². The second-order valence-corrected chi connectivity index (χ2v) is 6.22. The van der Waals surface area contributed by atoms with Crippen molar-refractivity contribution in [2.75, 3.05) is 12.8 Å². The number of pyridine rings is 1. The van der Waals surface area contributed by atoms with Gasteiger partial charge in [0.25, 0.3) is 0 Å². The summed E-state index contributed by atoms with van der Waals surface area (Å²) in [4.78, 5) is 4.20. The lowest BCUT2D eigenvalue weighted by Gasteiger charge is -2.34. The van der Waals surface area contributed by atoms with Crippen LogP contribution in [0.15, 0.2) is 18.3 Å². The first kappa shape index (κ1) is 15.3. The van der Waals surface area contributed by atoms with Gasteiger partial charge in [-0.1, -0.05) is 38.7 Å². The predicted molar refractivity (Wildman–Crippen MR) is 85.6 cm³/mol. The van der Waals surface area contributed by atoms with E-state index in [1.54, 1.807) is 6.20 Å². The van der Waals surface area contributed by atoms with Crippen molar-refractivity contribution in [3.05, 3.63) is 23.9 Å². The zero-order valence-electron chi connectivity index (χ0n) is 12.9. The number of hydrogen-bond acceptors (Lipinski definition) is 3. The molecule has 1 aliphatic rings. The van der Waals surface area contributed by atoms with E-state index >= 15 is 0 Å². The first-order chi connectivity index (χ1) is 9.74. The number of nitrogen functional groups attached to an aromatic ring is 1. The molecule has 0 aliphatic heterocycles. The summed E-state index contributed by atoms with van der Waals surface area (Å²) in [5.41, 5.74) is 7.16. The van der Waals surface area contributed by atoms with Crippen LogP contribution < -0.4 is 11.1 Å². The lowest BCUT2D eigenvalue weighted by atomic mass is 9.76. The second-order valence-electron chi connectivity index (χ2n) is 6.22. The first-order valence-corrected chi connectivity index (χ1v) is 8.11. The molecule has 2 rings (SSSR count). The van der Waals surface area contributed by atoms with Gasteiger partial charge in [0.2, 0.25) is 0 Å². The summed E-state index contributed by atoms with van der Waals surface area (Å²) in [6, 6.07) is 4.62. The highest BCUT2D eigenvalue weighted by molar-refractivity contribution is 5.38. The molecule has 1 aromatic rings. The van der Waals surface area contributed by atoms with Crippen LogP contribution in [-0.2, 0) is 6.42 Å². The third-order valence-corrected chi connectivity index (χ3v) is 4.89. The number of likely N-dealkylation sites (N-methyl/N-ethyl adjacent to an activating group) is 1. The second kappa shape index (κ2) is 7.63. The molecule has 0 amide bonds. The highest BCUT2D eigenvalue weighted by Crippen LogP contribution is 2.34. The molecule has 3 nitrogen and oxygen atoms in total. The van der Waals surface area contributed by atoms with Crippen LogP contribution in [0.5, 0.6) is 0 Å². The minimum atomic E-state index is 0.532. The van der Waals surface area contributed by atoms with Gasteiger partial charge in [0.15, 0.2) is 0 Å². The predicted octanol–water partition coefficient (Wildman–Crippen LogP) is 3.40. The fourth-order valence-electron chi connectivity index (χ4n) is 3.65. The molecule has 1 saturated carbocycles. The summed E-state index contributed by atoms with van der Waals surface area (Å²) in [7, 11) is 2.08. The Morgan fingerprint density at radius 3 is 2.70 bits per heavy atom. The molecular weight excluding hydrogens is 246 g/mol. The van der Waals surface area contributed by atoms with Gasteiger partial charge in [0.1, 0.15) is 5.82 Å². The molecule has 1 aliphatic carbocycles. The van der Waals surface area contributed by atoms with Crippen molar-refractivity contribution < 1.29 is 0 Å². The molecule has 0 spiro atoms. The normalized spacial score (nSPS) is 24.5. The van der Waals surface area contributed by atoms with Gasteiger partial charge in [-0.05, 0) is 49.8 Å². The minimum absolute atomic E-state index is 0.532. The molecule has 1 heterocycles. The summed E-state index contributed by atoms with van der Waals surface area (Å²) < 4.78 is 0. The Kier molecular flexibility index (Phi) is 5.84. The van der Waals surface area contributed by atoms with E-state index in [-0.39, 0.29) is 0 Å². The van der Waals surface area contributed by atoms with E-state index in [2.05, 4.69) is 30.3 Å². The molecule has 0 aromatic carbocycles. The van der Waals surface area contributed by atoms with E-state index in [9.17, 15) is 0 Å². The zero-order valence-corrected chi connectivity index (χ0v) is 12.9. The topological polar surface area (TPSA) is 50.9 Å². The van der Waals surface area contributed by atoms with Crippen molar-refractivity contribution in [2.45, 2.75) is 57.9 Å². The molecule has 1 aromatic heterocycles. The van der Waals surface area contributed by atoms with Gasteiger partial charge >= 0.3 is 0 Å². The Morgan fingerprint density at radius 1 is 1.35 bits per heavy atom. The van der Waals surface area contributed by atoms with Crippen LogP contribution >= 0.6 is 0 Å². The largest absolute Gasteiger partial charge is 0.383 e. The monoisotopic (exact) mass is 275 g/mol. The maximum absolute atomic E-state index is 5.98. The number of nitrogens with two attached hydrogens (primary N) is 1. The van der Waals surface area contributed by atoms with Gasteiger partial charge in [-0.2, -0.15) is 0 Å². The lowest BCUT2D eigenvalue weighted by Crippen LogP contribution is -2.37. The maximum Gasteiger partial charge on any atom is 0.126 e. The average molecular weight is 275 g/mol. The lowest BCUT2D eigenvalue weighted by molar-refractivity contribution is 0.217. The summed E-state index contributed by atoms with van der Waals surface area (Å²) in [5.74, 6) is 2.44. The highest BCUT2D eigenvalue weighted by Gasteiger charge is 2.26. The number of rotatable bonds is 6. The van der Waals surface area contributed by atoms with Crippen LogP contribution in [0, 0.1) is 11.8 Å². The van der Waals surface area contributed by atoms with Gasteiger partial charge in [0.05, 0.1) is 0 Å². The van der Waals surface area contributed by atoms with E-state index < -0.39 is 0 Å². The molecule has 1 atom stereocenters. The summed E-state index contributed by atoms with van der Waals surface area (Å²) in [6.07, 6.45) is 11.0. The van der Waals surface area contributed by atoms with Crippen molar-refractivity contribution in [1.29, 1.82) is 0 Å². The van der Waals surface area contributed by atoms with E-state index in [4.69, 9.17) is 5.73 Å². The Bertz CT molecular complexity index is 397.